The minimum Gasteiger partial charge on any atom is -0.460 e. The standard InChI is InChI=1S/C26H25ClFNO4/c1-15-23(26(31)33-11-10-32-2)24(17-4-3-5-20(28)12-17)25-21(29-15)13-18(14-22(25)30)16-6-8-19(27)9-7-16/h3-9,12,18,24,29H,10-11,13-14H2,1-2H3/t18-,24-/m0/s1. The van der Waals surface area contributed by atoms with Crippen LogP contribution in [0.25, 0.3) is 0 Å². The summed E-state index contributed by atoms with van der Waals surface area (Å²) < 4.78 is 24.5. The lowest BCUT2D eigenvalue weighted by Crippen LogP contribution is -2.36. The van der Waals surface area contributed by atoms with E-state index in [1.807, 2.05) is 24.3 Å². The summed E-state index contributed by atoms with van der Waals surface area (Å²) in [6.07, 6.45) is 0.886. The number of esters is 1. The van der Waals surface area contributed by atoms with Gasteiger partial charge in [0.1, 0.15) is 12.4 Å². The van der Waals surface area contributed by atoms with Crippen molar-refractivity contribution < 1.29 is 23.5 Å². The van der Waals surface area contributed by atoms with Crippen molar-refractivity contribution >= 4 is 23.4 Å². The summed E-state index contributed by atoms with van der Waals surface area (Å²) in [5, 5.41) is 3.92. The highest BCUT2D eigenvalue weighted by Crippen LogP contribution is 2.45. The van der Waals surface area contributed by atoms with Crippen LogP contribution < -0.4 is 5.32 Å². The molecule has 0 aromatic heterocycles. The van der Waals surface area contributed by atoms with Gasteiger partial charge in [0.25, 0.3) is 0 Å². The SMILES string of the molecule is COCCOC(=O)C1=C(C)NC2=C(C(=O)C[C@@H](c3ccc(Cl)cc3)C2)[C@H]1c1cccc(F)c1. The predicted octanol–water partition coefficient (Wildman–Crippen LogP) is 5.03. The summed E-state index contributed by atoms with van der Waals surface area (Å²) in [5.74, 6) is -1.78. The lowest BCUT2D eigenvalue weighted by Gasteiger charge is -2.36. The number of Topliss-reactive ketones (excluding diaryl/α,β-unsaturated/α-hetero) is 1. The predicted molar refractivity (Wildman–Crippen MR) is 123 cm³/mol. The number of hydrogen-bond acceptors (Lipinski definition) is 5. The summed E-state index contributed by atoms with van der Waals surface area (Å²) in [6.45, 7) is 2.12. The molecular weight excluding hydrogens is 445 g/mol. The third-order valence-corrected chi connectivity index (χ3v) is 6.34. The van der Waals surface area contributed by atoms with Crippen molar-refractivity contribution in [3.05, 3.63) is 93.0 Å². The summed E-state index contributed by atoms with van der Waals surface area (Å²) in [5.41, 5.74) is 3.72. The lowest BCUT2D eigenvalue weighted by atomic mass is 9.71. The molecule has 0 saturated heterocycles. The zero-order valence-corrected chi connectivity index (χ0v) is 19.2. The van der Waals surface area contributed by atoms with Crippen LogP contribution in [0.15, 0.2) is 71.1 Å². The van der Waals surface area contributed by atoms with E-state index in [4.69, 9.17) is 21.1 Å². The highest BCUT2D eigenvalue weighted by atomic mass is 35.5. The number of nitrogens with one attached hydrogen (secondary N) is 1. The van der Waals surface area contributed by atoms with Crippen LogP contribution in [0.3, 0.4) is 0 Å². The molecule has 2 aromatic carbocycles. The van der Waals surface area contributed by atoms with Crippen molar-refractivity contribution in [3.63, 3.8) is 0 Å². The molecule has 0 fully saturated rings. The highest BCUT2D eigenvalue weighted by Gasteiger charge is 2.41. The summed E-state index contributed by atoms with van der Waals surface area (Å²) in [6, 6.07) is 13.5. The first-order chi connectivity index (χ1) is 15.9. The molecule has 0 radical (unpaired) electrons. The van der Waals surface area contributed by atoms with E-state index < -0.39 is 17.7 Å². The fourth-order valence-corrected chi connectivity index (χ4v) is 4.72. The molecule has 0 saturated carbocycles. The minimum absolute atomic E-state index is 0.0165. The molecule has 2 atom stereocenters. The van der Waals surface area contributed by atoms with Crippen molar-refractivity contribution in [2.75, 3.05) is 20.3 Å². The Bertz CT molecular complexity index is 1140. The van der Waals surface area contributed by atoms with Gasteiger partial charge < -0.3 is 14.8 Å². The molecule has 1 N–H and O–H groups in total. The van der Waals surface area contributed by atoms with Crippen molar-refractivity contribution in [2.24, 2.45) is 0 Å². The van der Waals surface area contributed by atoms with E-state index in [0.717, 1.165) is 11.3 Å². The molecule has 172 valence electrons. The Hall–Kier alpha value is -2.96. The van der Waals surface area contributed by atoms with Crippen LogP contribution in [-0.4, -0.2) is 32.1 Å². The number of ether oxygens (including phenoxy) is 2. The van der Waals surface area contributed by atoms with Gasteiger partial charge in [0, 0.05) is 41.4 Å². The van der Waals surface area contributed by atoms with Crippen molar-refractivity contribution in [3.8, 4) is 0 Å². The number of dihydropyridines is 1. The second-order valence-electron chi connectivity index (χ2n) is 8.25. The third-order valence-electron chi connectivity index (χ3n) is 6.09. The van der Waals surface area contributed by atoms with Gasteiger partial charge in [-0.05, 0) is 54.7 Å². The first-order valence-corrected chi connectivity index (χ1v) is 11.2. The average molecular weight is 470 g/mol. The largest absolute Gasteiger partial charge is 0.460 e. The molecule has 7 heteroatoms. The van der Waals surface area contributed by atoms with Gasteiger partial charge >= 0.3 is 5.97 Å². The zero-order valence-electron chi connectivity index (χ0n) is 18.5. The Labute approximate surface area is 197 Å². The molecule has 1 aliphatic carbocycles. The summed E-state index contributed by atoms with van der Waals surface area (Å²) >= 11 is 6.02. The Morgan fingerprint density at radius 1 is 1.12 bits per heavy atom. The number of benzene rings is 2. The highest BCUT2D eigenvalue weighted by molar-refractivity contribution is 6.30. The molecule has 0 bridgehead atoms. The fourth-order valence-electron chi connectivity index (χ4n) is 4.60. The van der Waals surface area contributed by atoms with Gasteiger partial charge in [0.2, 0.25) is 0 Å². The number of carbonyl (C=O) groups is 2. The molecule has 4 rings (SSSR count). The second kappa shape index (κ2) is 9.89. The molecule has 2 aromatic rings. The third kappa shape index (κ3) is 4.87. The molecule has 0 spiro atoms. The van der Waals surface area contributed by atoms with Gasteiger partial charge in [-0.2, -0.15) is 0 Å². The molecular formula is C26H25ClFNO4. The number of ketones is 1. The quantitative estimate of drug-likeness (QED) is 0.475. The molecule has 33 heavy (non-hydrogen) atoms. The van der Waals surface area contributed by atoms with Crippen LogP contribution in [0.1, 0.15) is 42.7 Å². The average Bonchev–Trinajstić information content (AvgIpc) is 2.78. The Morgan fingerprint density at radius 2 is 1.88 bits per heavy atom. The van der Waals surface area contributed by atoms with Crippen LogP contribution in [0.4, 0.5) is 4.39 Å². The first-order valence-electron chi connectivity index (χ1n) is 10.8. The van der Waals surface area contributed by atoms with Crippen molar-refractivity contribution in [2.45, 2.75) is 31.6 Å². The van der Waals surface area contributed by atoms with Gasteiger partial charge in [-0.25, -0.2) is 9.18 Å². The van der Waals surface area contributed by atoms with Crippen LogP contribution in [-0.2, 0) is 19.1 Å². The Balaban J connectivity index is 1.74. The summed E-state index contributed by atoms with van der Waals surface area (Å²) in [4.78, 5) is 26.5. The number of halogens is 2. The molecule has 2 aliphatic rings. The molecule has 0 unspecified atom stereocenters. The van der Waals surface area contributed by atoms with Crippen molar-refractivity contribution in [1.29, 1.82) is 0 Å². The van der Waals surface area contributed by atoms with E-state index in [1.165, 1.54) is 19.2 Å². The maximum absolute atomic E-state index is 14.2. The molecule has 1 aliphatic heterocycles. The van der Waals surface area contributed by atoms with Gasteiger partial charge in [0.05, 0.1) is 12.2 Å². The summed E-state index contributed by atoms with van der Waals surface area (Å²) in [7, 11) is 1.52. The number of rotatable bonds is 6. The number of methoxy groups -OCH3 is 1. The van der Waals surface area contributed by atoms with Crippen LogP contribution in [0, 0.1) is 5.82 Å². The van der Waals surface area contributed by atoms with E-state index in [9.17, 15) is 14.0 Å². The van der Waals surface area contributed by atoms with Gasteiger partial charge in [-0.1, -0.05) is 35.9 Å². The van der Waals surface area contributed by atoms with Crippen LogP contribution >= 0.6 is 11.6 Å². The van der Waals surface area contributed by atoms with E-state index >= 15 is 0 Å². The lowest BCUT2D eigenvalue weighted by molar-refractivity contribution is -0.140. The topological polar surface area (TPSA) is 64.6 Å². The molecule has 1 heterocycles. The van der Waals surface area contributed by atoms with Gasteiger partial charge in [0.15, 0.2) is 5.78 Å². The van der Waals surface area contributed by atoms with Gasteiger partial charge in [-0.3, -0.25) is 4.79 Å². The van der Waals surface area contributed by atoms with Crippen LogP contribution in [0.5, 0.6) is 0 Å². The Morgan fingerprint density at radius 3 is 2.58 bits per heavy atom. The van der Waals surface area contributed by atoms with Crippen LogP contribution in [0.2, 0.25) is 5.02 Å². The van der Waals surface area contributed by atoms with Crippen molar-refractivity contribution in [1.82, 2.24) is 5.32 Å². The van der Waals surface area contributed by atoms with Gasteiger partial charge in [-0.15, -0.1) is 0 Å². The fraction of sp³-hybridized carbons (Fsp3) is 0.308. The Kier molecular flexibility index (Phi) is 6.96. The van der Waals surface area contributed by atoms with E-state index in [-0.39, 0.29) is 24.9 Å². The van der Waals surface area contributed by atoms with E-state index in [2.05, 4.69) is 5.32 Å². The normalized spacial score (nSPS) is 20.4. The van der Waals surface area contributed by atoms with E-state index in [0.29, 0.717) is 40.3 Å². The molecule has 5 nitrogen and oxygen atoms in total. The monoisotopic (exact) mass is 469 g/mol. The smallest absolute Gasteiger partial charge is 0.336 e. The zero-order chi connectivity index (χ0) is 23.5. The molecule has 0 amide bonds. The first kappa shape index (κ1) is 23.2. The number of allylic oxidation sites excluding steroid dienone is 3. The number of carbonyl (C=O) groups excluding carboxylic acids is 2. The maximum Gasteiger partial charge on any atom is 0.336 e. The van der Waals surface area contributed by atoms with E-state index in [1.54, 1.807) is 19.1 Å². The maximum atomic E-state index is 14.2. The minimum atomic E-state index is -0.703. The second-order valence-corrected chi connectivity index (χ2v) is 8.69. The number of hydrogen-bond donors (Lipinski definition) is 1.